The quantitative estimate of drug-likeness (QED) is 0.481. The van der Waals surface area contributed by atoms with Gasteiger partial charge in [0.25, 0.3) is 0 Å². The second-order valence-corrected chi connectivity index (χ2v) is 8.36. The smallest absolute Gasteiger partial charge is 0.338 e. The molecule has 7 nitrogen and oxygen atoms in total. The van der Waals surface area contributed by atoms with E-state index in [9.17, 15) is 18.0 Å². The van der Waals surface area contributed by atoms with E-state index in [1.807, 2.05) is 32.0 Å². The fourth-order valence-corrected chi connectivity index (χ4v) is 3.64. The average molecular weight is 419 g/mol. The number of hydrogen-bond donors (Lipinski definition) is 2. The number of esters is 1. The summed E-state index contributed by atoms with van der Waals surface area (Å²) in [7, 11) is -3.72. The lowest BCUT2D eigenvalue weighted by molar-refractivity contribution is -0.116. The number of carbonyl (C=O) groups is 2. The van der Waals surface area contributed by atoms with Gasteiger partial charge in [0.2, 0.25) is 15.9 Å². The Kier molecular flexibility index (Phi) is 7.92. The van der Waals surface area contributed by atoms with Gasteiger partial charge in [0.05, 0.1) is 17.1 Å². The van der Waals surface area contributed by atoms with Crippen molar-refractivity contribution in [3.63, 3.8) is 0 Å². The highest BCUT2D eigenvalue weighted by Gasteiger charge is 2.15. The number of ether oxygens (including phenoxy) is 1. The number of aryl methyl sites for hydroxylation is 2. The highest BCUT2D eigenvalue weighted by atomic mass is 32.2. The number of nitrogens with one attached hydrogen (secondary N) is 2. The van der Waals surface area contributed by atoms with Gasteiger partial charge in [0, 0.05) is 18.7 Å². The minimum absolute atomic E-state index is 0.0464. The maximum Gasteiger partial charge on any atom is 0.338 e. The zero-order chi connectivity index (χ0) is 21.4. The molecular weight excluding hydrogens is 392 g/mol. The van der Waals surface area contributed by atoms with E-state index >= 15 is 0 Å². The molecule has 0 unspecified atom stereocenters. The maximum absolute atomic E-state index is 12.3. The first-order valence-corrected chi connectivity index (χ1v) is 10.8. The molecule has 0 aliphatic rings. The Morgan fingerprint density at radius 3 is 2.31 bits per heavy atom. The first-order chi connectivity index (χ1) is 13.7. The van der Waals surface area contributed by atoms with Crippen LogP contribution < -0.4 is 10.0 Å². The highest BCUT2D eigenvalue weighted by Crippen LogP contribution is 2.15. The Morgan fingerprint density at radius 2 is 1.69 bits per heavy atom. The molecule has 2 rings (SSSR count). The van der Waals surface area contributed by atoms with E-state index in [-0.39, 0.29) is 35.9 Å². The Balaban J connectivity index is 1.82. The van der Waals surface area contributed by atoms with E-state index in [1.54, 1.807) is 6.92 Å². The van der Waals surface area contributed by atoms with Crippen LogP contribution in [-0.2, 0) is 19.6 Å². The topological polar surface area (TPSA) is 102 Å². The summed E-state index contributed by atoms with van der Waals surface area (Å²) < 4.78 is 32.0. The summed E-state index contributed by atoms with van der Waals surface area (Å²) in [6.07, 6.45) is 0.550. The summed E-state index contributed by atoms with van der Waals surface area (Å²) in [5.74, 6) is -0.676. The Hall–Kier alpha value is -2.71. The van der Waals surface area contributed by atoms with E-state index in [2.05, 4.69) is 10.0 Å². The van der Waals surface area contributed by atoms with Crippen molar-refractivity contribution < 1.29 is 22.7 Å². The highest BCUT2D eigenvalue weighted by molar-refractivity contribution is 7.89. The Bertz CT molecular complexity index is 969. The monoisotopic (exact) mass is 418 g/mol. The minimum atomic E-state index is -3.72. The summed E-state index contributed by atoms with van der Waals surface area (Å²) in [5.41, 5.74) is 3.24. The van der Waals surface area contributed by atoms with Crippen molar-refractivity contribution in [1.29, 1.82) is 0 Å². The number of anilines is 1. The third-order valence-electron chi connectivity index (χ3n) is 4.34. The molecule has 0 aromatic heterocycles. The van der Waals surface area contributed by atoms with E-state index in [1.165, 1.54) is 24.3 Å². The molecule has 0 atom stereocenters. The number of hydrogen-bond acceptors (Lipinski definition) is 5. The summed E-state index contributed by atoms with van der Waals surface area (Å²) >= 11 is 0. The van der Waals surface area contributed by atoms with Crippen LogP contribution in [0.15, 0.2) is 47.4 Å². The van der Waals surface area contributed by atoms with Crippen molar-refractivity contribution in [2.45, 2.75) is 38.5 Å². The number of amides is 1. The molecule has 8 heteroatoms. The number of benzene rings is 2. The lowest BCUT2D eigenvalue weighted by Gasteiger charge is -2.09. The summed E-state index contributed by atoms with van der Waals surface area (Å²) in [5, 5.41) is 2.81. The van der Waals surface area contributed by atoms with Gasteiger partial charge in [-0.3, -0.25) is 4.79 Å². The minimum Gasteiger partial charge on any atom is -0.462 e. The lowest BCUT2D eigenvalue weighted by atomic mass is 10.1. The number of sulfonamides is 1. The summed E-state index contributed by atoms with van der Waals surface area (Å²) in [6.45, 7) is 6.04. The van der Waals surface area contributed by atoms with Crippen molar-refractivity contribution >= 4 is 27.6 Å². The van der Waals surface area contributed by atoms with Crippen molar-refractivity contribution in [3.8, 4) is 0 Å². The van der Waals surface area contributed by atoms with Gasteiger partial charge < -0.3 is 10.1 Å². The fourth-order valence-electron chi connectivity index (χ4n) is 2.57. The van der Waals surface area contributed by atoms with Crippen molar-refractivity contribution in [3.05, 3.63) is 59.2 Å². The normalized spacial score (nSPS) is 11.1. The van der Waals surface area contributed by atoms with Crippen molar-refractivity contribution in [2.24, 2.45) is 0 Å². The van der Waals surface area contributed by atoms with Crippen LogP contribution in [0.3, 0.4) is 0 Å². The number of carbonyl (C=O) groups excluding carboxylic acids is 2. The standard InChI is InChI=1S/C21H26N2O5S/c1-4-28-21(25)17-8-11-19(12-9-17)29(26,27)22-13-5-6-20(24)23-18-10-7-15(2)16(3)14-18/h7-12,14,22H,4-6,13H2,1-3H3,(H,23,24). The molecule has 2 aromatic carbocycles. The number of rotatable bonds is 9. The van der Waals surface area contributed by atoms with Gasteiger partial charge in [0.15, 0.2) is 0 Å². The van der Waals surface area contributed by atoms with E-state index < -0.39 is 16.0 Å². The molecule has 0 saturated carbocycles. The average Bonchev–Trinajstić information content (AvgIpc) is 2.68. The van der Waals surface area contributed by atoms with Crippen LogP contribution in [0.2, 0.25) is 0 Å². The van der Waals surface area contributed by atoms with E-state index in [4.69, 9.17) is 4.74 Å². The second-order valence-electron chi connectivity index (χ2n) is 6.59. The molecule has 156 valence electrons. The molecule has 0 fully saturated rings. The van der Waals surface area contributed by atoms with Gasteiger partial charge in [-0.2, -0.15) is 0 Å². The molecule has 2 aromatic rings. The van der Waals surface area contributed by atoms with Crippen LogP contribution in [0, 0.1) is 13.8 Å². The molecule has 2 N–H and O–H groups in total. The zero-order valence-electron chi connectivity index (χ0n) is 16.8. The fraction of sp³-hybridized carbons (Fsp3) is 0.333. The van der Waals surface area contributed by atoms with Crippen molar-refractivity contribution in [2.75, 3.05) is 18.5 Å². The van der Waals surface area contributed by atoms with E-state index in [0.717, 1.165) is 16.8 Å². The van der Waals surface area contributed by atoms with Crippen LogP contribution in [0.4, 0.5) is 5.69 Å². The van der Waals surface area contributed by atoms with E-state index in [0.29, 0.717) is 6.42 Å². The molecule has 0 heterocycles. The first-order valence-electron chi connectivity index (χ1n) is 9.37. The molecule has 0 radical (unpaired) electrons. The molecule has 0 bridgehead atoms. The van der Waals surface area contributed by atoms with Gasteiger partial charge in [-0.15, -0.1) is 0 Å². The largest absolute Gasteiger partial charge is 0.462 e. The maximum atomic E-state index is 12.3. The lowest BCUT2D eigenvalue weighted by Crippen LogP contribution is -2.25. The van der Waals surface area contributed by atoms with Crippen LogP contribution in [0.25, 0.3) is 0 Å². The van der Waals surface area contributed by atoms with Gasteiger partial charge in [0.1, 0.15) is 0 Å². The predicted octanol–water partition coefficient (Wildman–Crippen LogP) is 3.18. The molecule has 0 aliphatic carbocycles. The molecule has 0 saturated heterocycles. The van der Waals surface area contributed by atoms with Gasteiger partial charge in [-0.05, 0) is 74.7 Å². The third-order valence-corrected chi connectivity index (χ3v) is 5.82. The second kappa shape index (κ2) is 10.2. The van der Waals surface area contributed by atoms with Crippen LogP contribution >= 0.6 is 0 Å². The third kappa shape index (κ3) is 6.69. The van der Waals surface area contributed by atoms with Crippen molar-refractivity contribution in [1.82, 2.24) is 4.72 Å². The molecule has 1 amide bonds. The zero-order valence-corrected chi connectivity index (χ0v) is 17.6. The first kappa shape index (κ1) is 22.6. The molecular formula is C21H26N2O5S. The molecule has 0 aliphatic heterocycles. The predicted molar refractivity (Wildman–Crippen MR) is 111 cm³/mol. The van der Waals surface area contributed by atoms with Crippen LogP contribution in [-0.4, -0.2) is 33.4 Å². The Labute approximate surface area is 171 Å². The van der Waals surface area contributed by atoms with Crippen LogP contribution in [0.5, 0.6) is 0 Å². The Morgan fingerprint density at radius 1 is 1.00 bits per heavy atom. The SMILES string of the molecule is CCOC(=O)c1ccc(S(=O)(=O)NCCCC(=O)Nc2ccc(C)c(C)c2)cc1. The van der Waals surface area contributed by atoms with Gasteiger partial charge in [-0.1, -0.05) is 6.07 Å². The van der Waals surface area contributed by atoms with Gasteiger partial charge in [-0.25, -0.2) is 17.9 Å². The molecule has 29 heavy (non-hydrogen) atoms. The van der Waals surface area contributed by atoms with Crippen LogP contribution in [0.1, 0.15) is 41.3 Å². The summed E-state index contributed by atoms with van der Waals surface area (Å²) in [6, 6.07) is 11.2. The summed E-state index contributed by atoms with van der Waals surface area (Å²) in [4.78, 5) is 23.7. The molecule has 0 spiro atoms. The van der Waals surface area contributed by atoms with Gasteiger partial charge >= 0.3 is 5.97 Å².